The number of hydrogen-bond donors (Lipinski definition) is 1. The summed E-state index contributed by atoms with van der Waals surface area (Å²) in [7, 11) is -3.62. The number of carbonyl (C=O) groups is 1. The molecule has 7 nitrogen and oxygen atoms in total. The smallest absolute Gasteiger partial charge is 0.253 e. The minimum absolute atomic E-state index is 0.0920. The summed E-state index contributed by atoms with van der Waals surface area (Å²) in [5.74, 6) is 0.823. The van der Waals surface area contributed by atoms with Crippen molar-refractivity contribution in [1.82, 2.24) is 14.6 Å². The summed E-state index contributed by atoms with van der Waals surface area (Å²) in [6.45, 7) is 1.54. The molecule has 1 saturated heterocycles. The zero-order chi connectivity index (χ0) is 23.5. The third-order valence-electron chi connectivity index (χ3n) is 6.10. The normalized spacial score (nSPS) is 15.1. The van der Waals surface area contributed by atoms with Gasteiger partial charge in [0.05, 0.1) is 4.90 Å². The first kappa shape index (κ1) is 22.8. The molecule has 1 amide bonds. The summed E-state index contributed by atoms with van der Waals surface area (Å²) < 4.78 is 33.7. The molecular weight excluding hydrogens is 470 g/mol. The van der Waals surface area contributed by atoms with Crippen molar-refractivity contribution in [2.45, 2.75) is 30.1 Å². The number of oxazole rings is 1. The molecule has 0 spiro atoms. The van der Waals surface area contributed by atoms with Crippen LogP contribution in [0.25, 0.3) is 11.1 Å². The number of carbonyl (C=O) groups excluding carboxylic acids is 1. The lowest BCUT2D eigenvalue weighted by molar-refractivity contribution is 0.0706. The number of thiophene rings is 1. The van der Waals surface area contributed by atoms with E-state index < -0.39 is 10.0 Å². The minimum atomic E-state index is -3.62. The molecule has 2 aromatic heterocycles. The number of aromatic nitrogens is 1. The SMILES string of the molecule is O=C(c1ccc(S(=O)(=O)NCCc2cccs2)cc1)N1CCC(c2nc3ccccc3o2)CC1. The van der Waals surface area contributed by atoms with E-state index in [1.165, 1.54) is 12.1 Å². The molecule has 1 aliphatic rings. The van der Waals surface area contributed by atoms with E-state index in [0.717, 1.165) is 34.7 Å². The van der Waals surface area contributed by atoms with Crippen molar-refractivity contribution in [1.29, 1.82) is 0 Å². The maximum absolute atomic E-state index is 13.0. The molecule has 9 heteroatoms. The highest BCUT2D eigenvalue weighted by Crippen LogP contribution is 2.30. The highest BCUT2D eigenvalue weighted by atomic mass is 32.2. The van der Waals surface area contributed by atoms with Crippen molar-refractivity contribution in [2.75, 3.05) is 19.6 Å². The summed E-state index contributed by atoms with van der Waals surface area (Å²) in [4.78, 5) is 20.7. The van der Waals surface area contributed by atoms with Gasteiger partial charge in [0.15, 0.2) is 11.5 Å². The number of nitrogens with zero attached hydrogens (tertiary/aromatic N) is 2. The predicted octanol–water partition coefficient (Wildman–Crippen LogP) is 4.43. The fourth-order valence-corrected chi connectivity index (χ4v) is 5.94. The van der Waals surface area contributed by atoms with Crippen LogP contribution < -0.4 is 4.72 Å². The van der Waals surface area contributed by atoms with Crippen LogP contribution >= 0.6 is 11.3 Å². The fraction of sp³-hybridized carbons (Fsp3) is 0.280. The molecule has 176 valence electrons. The lowest BCUT2D eigenvalue weighted by Crippen LogP contribution is -2.38. The molecule has 0 unspecified atom stereocenters. The molecule has 1 N–H and O–H groups in total. The quantitative estimate of drug-likeness (QED) is 0.409. The van der Waals surface area contributed by atoms with Crippen molar-refractivity contribution in [3.8, 4) is 0 Å². The Bertz CT molecular complexity index is 1340. The van der Waals surface area contributed by atoms with Gasteiger partial charge in [-0.05, 0) is 67.1 Å². The van der Waals surface area contributed by atoms with Crippen molar-refractivity contribution >= 4 is 38.4 Å². The molecule has 1 aliphatic heterocycles. The van der Waals surface area contributed by atoms with E-state index in [1.807, 2.05) is 46.7 Å². The number of amides is 1. The predicted molar refractivity (Wildman–Crippen MR) is 132 cm³/mol. The van der Waals surface area contributed by atoms with Crippen LogP contribution in [-0.2, 0) is 16.4 Å². The van der Waals surface area contributed by atoms with Crippen LogP contribution in [0.3, 0.4) is 0 Å². The Morgan fingerprint density at radius 2 is 1.82 bits per heavy atom. The Labute approximate surface area is 202 Å². The number of benzene rings is 2. The van der Waals surface area contributed by atoms with E-state index in [2.05, 4.69) is 9.71 Å². The molecule has 1 fully saturated rings. The van der Waals surface area contributed by atoms with Gasteiger partial charge in [-0.3, -0.25) is 4.79 Å². The van der Waals surface area contributed by atoms with E-state index in [1.54, 1.807) is 23.5 Å². The first-order valence-corrected chi connectivity index (χ1v) is 13.6. The Hall–Kier alpha value is -3.01. The molecule has 4 aromatic rings. The zero-order valence-electron chi connectivity index (χ0n) is 18.5. The number of para-hydroxylation sites is 2. The highest BCUT2D eigenvalue weighted by Gasteiger charge is 2.28. The molecule has 0 saturated carbocycles. The van der Waals surface area contributed by atoms with Gasteiger partial charge in [-0.1, -0.05) is 18.2 Å². The highest BCUT2D eigenvalue weighted by molar-refractivity contribution is 7.89. The molecule has 2 aromatic carbocycles. The standard InChI is InChI=1S/C25H25N3O4S2/c29-25(28-15-12-18(13-16-28)24-27-22-5-1-2-6-23(22)32-24)19-7-9-21(10-8-19)34(30,31)26-14-11-20-4-3-17-33-20/h1-10,17-18,26H,11-16H2. The molecule has 0 bridgehead atoms. The summed E-state index contributed by atoms with van der Waals surface area (Å²) in [6, 6.07) is 17.8. The van der Waals surface area contributed by atoms with E-state index in [9.17, 15) is 13.2 Å². The fourth-order valence-electron chi connectivity index (χ4n) is 4.20. The largest absolute Gasteiger partial charge is 0.440 e. The molecule has 0 aliphatic carbocycles. The second kappa shape index (κ2) is 9.69. The van der Waals surface area contributed by atoms with Gasteiger partial charge in [-0.2, -0.15) is 0 Å². The second-order valence-electron chi connectivity index (χ2n) is 8.34. The van der Waals surface area contributed by atoms with Gasteiger partial charge in [0, 0.05) is 36.0 Å². The van der Waals surface area contributed by atoms with Crippen LogP contribution in [0.15, 0.2) is 75.4 Å². The number of fused-ring (bicyclic) bond motifs is 1. The average Bonchev–Trinajstić information content (AvgIpc) is 3.54. The molecule has 34 heavy (non-hydrogen) atoms. The summed E-state index contributed by atoms with van der Waals surface area (Å²) in [5, 5.41) is 1.97. The topological polar surface area (TPSA) is 92.5 Å². The van der Waals surface area contributed by atoms with E-state index in [0.29, 0.717) is 31.6 Å². The number of nitrogens with one attached hydrogen (secondary N) is 1. The maximum atomic E-state index is 13.0. The van der Waals surface area contributed by atoms with Gasteiger partial charge in [-0.25, -0.2) is 18.1 Å². The summed E-state index contributed by atoms with van der Waals surface area (Å²) in [6.07, 6.45) is 2.20. The van der Waals surface area contributed by atoms with Crippen LogP contribution in [0.1, 0.15) is 39.9 Å². The first-order chi connectivity index (χ1) is 16.5. The van der Waals surface area contributed by atoms with Gasteiger partial charge in [0.1, 0.15) is 5.52 Å². The van der Waals surface area contributed by atoms with Crippen molar-refractivity contribution in [3.05, 3.63) is 82.4 Å². The van der Waals surface area contributed by atoms with Crippen LogP contribution in [0.5, 0.6) is 0 Å². The molecule has 5 rings (SSSR count). The van der Waals surface area contributed by atoms with Gasteiger partial charge < -0.3 is 9.32 Å². The van der Waals surface area contributed by atoms with Crippen molar-refractivity contribution < 1.29 is 17.6 Å². The molecule has 0 radical (unpaired) electrons. The number of likely N-dealkylation sites (tertiary alicyclic amines) is 1. The summed E-state index contributed by atoms with van der Waals surface area (Å²) >= 11 is 1.60. The van der Waals surface area contributed by atoms with Crippen LogP contribution in [-0.4, -0.2) is 43.8 Å². The minimum Gasteiger partial charge on any atom is -0.440 e. The van der Waals surface area contributed by atoms with Crippen molar-refractivity contribution in [3.63, 3.8) is 0 Å². The first-order valence-electron chi connectivity index (χ1n) is 11.3. The Morgan fingerprint density at radius 3 is 2.53 bits per heavy atom. The third-order valence-corrected chi connectivity index (χ3v) is 8.51. The van der Waals surface area contributed by atoms with E-state index in [4.69, 9.17) is 4.42 Å². The van der Waals surface area contributed by atoms with E-state index >= 15 is 0 Å². The van der Waals surface area contributed by atoms with Crippen LogP contribution in [0.2, 0.25) is 0 Å². The Kier molecular flexibility index (Phi) is 6.49. The Balaban J connectivity index is 1.17. The number of sulfonamides is 1. The number of rotatable bonds is 7. The summed E-state index contributed by atoms with van der Waals surface area (Å²) in [5.41, 5.74) is 2.12. The van der Waals surface area contributed by atoms with Crippen LogP contribution in [0, 0.1) is 0 Å². The molecule has 0 atom stereocenters. The lowest BCUT2D eigenvalue weighted by Gasteiger charge is -2.30. The zero-order valence-corrected chi connectivity index (χ0v) is 20.1. The lowest BCUT2D eigenvalue weighted by atomic mass is 9.96. The van der Waals surface area contributed by atoms with Gasteiger partial charge in [-0.15, -0.1) is 11.3 Å². The molecular formula is C25H25N3O4S2. The third kappa shape index (κ3) is 4.91. The van der Waals surface area contributed by atoms with Crippen LogP contribution in [0.4, 0.5) is 0 Å². The van der Waals surface area contributed by atoms with Crippen molar-refractivity contribution in [2.24, 2.45) is 0 Å². The maximum Gasteiger partial charge on any atom is 0.253 e. The van der Waals surface area contributed by atoms with Gasteiger partial charge in [0.2, 0.25) is 10.0 Å². The number of hydrogen-bond acceptors (Lipinski definition) is 6. The molecule has 3 heterocycles. The average molecular weight is 496 g/mol. The Morgan fingerprint density at radius 1 is 1.06 bits per heavy atom. The van der Waals surface area contributed by atoms with E-state index in [-0.39, 0.29) is 16.7 Å². The van der Waals surface area contributed by atoms with Gasteiger partial charge in [0.25, 0.3) is 5.91 Å². The second-order valence-corrected chi connectivity index (χ2v) is 11.1. The monoisotopic (exact) mass is 495 g/mol. The van der Waals surface area contributed by atoms with Gasteiger partial charge >= 0.3 is 0 Å². The number of piperidine rings is 1.